The van der Waals surface area contributed by atoms with Crippen molar-refractivity contribution in [2.45, 2.75) is 0 Å². The lowest BCUT2D eigenvalue weighted by atomic mass is 10.5. The Bertz CT molecular complexity index is 439. The third-order valence-corrected chi connectivity index (χ3v) is 2.25. The van der Waals surface area contributed by atoms with Crippen molar-refractivity contribution in [1.82, 2.24) is 19.7 Å². The van der Waals surface area contributed by atoms with E-state index in [4.69, 9.17) is 0 Å². The second-order valence-electron chi connectivity index (χ2n) is 2.61. The molecule has 0 bridgehead atoms. The van der Waals surface area contributed by atoms with Crippen LogP contribution in [0.25, 0.3) is 5.82 Å². The molecule has 0 saturated carbocycles. The van der Waals surface area contributed by atoms with Crippen LogP contribution < -0.4 is 5.32 Å². The van der Waals surface area contributed by atoms with Crippen LogP contribution >= 0.6 is 22.6 Å². The zero-order valence-electron chi connectivity index (χ0n) is 7.48. The van der Waals surface area contributed by atoms with Crippen LogP contribution in [0.5, 0.6) is 0 Å². The van der Waals surface area contributed by atoms with Crippen molar-refractivity contribution >= 4 is 28.4 Å². The molecule has 0 spiro atoms. The minimum absolute atomic E-state index is 0.757. The quantitative estimate of drug-likeness (QED) is 0.850. The van der Waals surface area contributed by atoms with E-state index in [2.05, 4.69) is 43.0 Å². The molecule has 0 aromatic carbocycles. The van der Waals surface area contributed by atoms with Gasteiger partial charge in [0.15, 0.2) is 5.82 Å². The van der Waals surface area contributed by atoms with Crippen LogP contribution in [0.1, 0.15) is 0 Å². The van der Waals surface area contributed by atoms with E-state index in [1.165, 1.54) is 6.33 Å². The van der Waals surface area contributed by atoms with Crippen molar-refractivity contribution < 1.29 is 0 Å². The maximum atomic E-state index is 4.15. The van der Waals surface area contributed by atoms with Crippen molar-refractivity contribution in [3.8, 4) is 5.82 Å². The van der Waals surface area contributed by atoms with Gasteiger partial charge in [-0.2, -0.15) is 5.10 Å². The minimum Gasteiger partial charge on any atom is -0.373 e. The number of rotatable bonds is 2. The lowest BCUT2D eigenvalue weighted by Gasteiger charge is -2.01. The van der Waals surface area contributed by atoms with Gasteiger partial charge in [0.25, 0.3) is 0 Å². The van der Waals surface area contributed by atoms with E-state index in [0.717, 1.165) is 15.2 Å². The molecule has 2 heterocycles. The highest BCUT2D eigenvalue weighted by Gasteiger charge is 2.01. The van der Waals surface area contributed by atoms with Crippen molar-refractivity contribution in [2.24, 2.45) is 0 Å². The molecule has 0 saturated heterocycles. The Morgan fingerprint density at radius 2 is 2.29 bits per heavy atom. The summed E-state index contributed by atoms with van der Waals surface area (Å²) in [5.41, 5.74) is 0. The summed E-state index contributed by atoms with van der Waals surface area (Å²) in [5.74, 6) is 1.53. The van der Waals surface area contributed by atoms with Gasteiger partial charge in [-0.1, -0.05) is 0 Å². The van der Waals surface area contributed by atoms with Gasteiger partial charge < -0.3 is 5.32 Å². The zero-order chi connectivity index (χ0) is 9.97. The molecule has 0 amide bonds. The summed E-state index contributed by atoms with van der Waals surface area (Å²) >= 11 is 2.20. The Kier molecular flexibility index (Phi) is 2.62. The Balaban J connectivity index is 2.41. The summed E-state index contributed by atoms with van der Waals surface area (Å²) in [7, 11) is 1.82. The Morgan fingerprint density at radius 3 is 2.93 bits per heavy atom. The van der Waals surface area contributed by atoms with Gasteiger partial charge in [-0.15, -0.1) is 0 Å². The second kappa shape index (κ2) is 3.91. The number of aromatic nitrogens is 4. The fourth-order valence-corrected chi connectivity index (χ4v) is 1.42. The molecule has 0 aliphatic heterocycles. The maximum absolute atomic E-state index is 4.15. The fraction of sp³-hybridized carbons (Fsp3) is 0.125. The standard InChI is InChI=1S/C8H8IN5/c1-10-7-2-8(12-5-11-7)14-4-6(9)3-13-14/h2-5H,1H3,(H,10,11,12). The third-order valence-electron chi connectivity index (χ3n) is 1.69. The number of halogens is 1. The first-order chi connectivity index (χ1) is 6.79. The average Bonchev–Trinajstić information content (AvgIpc) is 2.65. The van der Waals surface area contributed by atoms with Crippen LogP contribution in [-0.4, -0.2) is 26.8 Å². The van der Waals surface area contributed by atoms with Gasteiger partial charge in [-0.25, -0.2) is 14.6 Å². The summed E-state index contributed by atoms with van der Waals surface area (Å²) in [5, 5.41) is 7.10. The molecule has 0 fully saturated rings. The lowest BCUT2D eigenvalue weighted by molar-refractivity contribution is 0.840. The summed E-state index contributed by atoms with van der Waals surface area (Å²) in [6.07, 6.45) is 5.19. The van der Waals surface area contributed by atoms with Crippen molar-refractivity contribution in [1.29, 1.82) is 0 Å². The first kappa shape index (κ1) is 9.38. The lowest BCUT2D eigenvalue weighted by Crippen LogP contribution is -2.00. The minimum atomic E-state index is 0.757. The van der Waals surface area contributed by atoms with E-state index in [1.54, 1.807) is 10.9 Å². The van der Waals surface area contributed by atoms with Gasteiger partial charge in [0, 0.05) is 19.3 Å². The first-order valence-corrected chi connectivity index (χ1v) is 5.08. The topological polar surface area (TPSA) is 55.6 Å². The molecule has 2 aromatic heterocycles. The Hall–Kier alpha value is -1.18. The molecule has 2 rings (SSSR count). The summed E-state index contributed by atoms with van der Waals surface area (Å²) in [4.78, 5) is 8.14. The average molecular weight is 301 g/mol. The van der Waals surface area contributed by atoms with E-state index in [9.17, 15) is 0 Å². The number of hydrogen-bond acceptors (Lipinski definition) is 4. The second-order valence-corrected chi connectivity index (χ2v) is 3.86. The van der Waals surface area contributed by atoms with Crippen LogP contribution in [0.4, 0.5) is 5.82 Å². The van der Waals surface area contributed by atoms with E-state index >= 15 is 0 Å². The SMILES string of the molecule is CNc1cc(-n2cc(I)cn2)ncn1. The third kappa shape index (κ3) is 1.84. The van der Waals surface area contributed by atoms with Crippen LogP contribution in [0.15, 0.2) is 24.8 Å². The number of nitrogens with one attached hydrogen (secondary N) is 1. The van der Waals surface area contributed by atoms with Gasteiger partial charge in [-0.3, -0.25) is 0 Å². The highest BCUT2D eigenvalue weighted by molar-refractivity contribution is 14.1. The molecule has 14 heavy (non-hydrogen) atoms. The van der Waals surface area contributed by atoms with Crippen LogP contribution in [0.3, 0.4) is 0 Å². The summed E-state index contributed by atoms with van der Waals surface area (Å²) in [6, 6.07) is 1.84. The van der Waals surface area contributed by atoms with Crippen molar-refractivity contribution in [3.63, 3.8) is 0 Å². The number of anilines is 1. The van der Waals surface area contributed by atoms with Gasteiger partial charge in [-0.05, 0) is 22.6 Å². The largest absolute Gasteiger partial charge is 0.373 e. The van der Waals surface area contributed by atoms with E-state index in [0.29, 0.717) is 0 Å². The van der Waals surface area contributed by atoms with E-state index in [1.807, 2.05) is 19.3 Å². The molecule has 0 aliphatic carbocycles. The zero-order valence-corrected chi connectivity index (χ0v) is 9.63. The molecule has 2 aromatic rings. The molecule has 72 valence electrons. The molecule has 1 N–H and O–H groups in total. The van der Waals surface area contributed by atoms with Crippen LogP contribution in [0.2, 0.25) is 0 Å². The van der Waals surface area contributed by atoms with Crippen molar-refractivity contribution in [2.75, 3.05) is 12.4 Å². The summed E-state index contributed by atoms with van der Waals surface area (Å²) in [6.45, 7) is 0. The Morgan fingerprint density at radius 1 is 1.43 bits per heavy atom. The predicted molar refractivity (Wildman–Crippen MR) is 61.4 cm³/mol. The highest BCUT2D eigenvalue weighted by atomic mass is 127. The van der Waals surface area contributed by atoms with E-state index < -0.39 is 0 Å². The highest BCUT2D eigenvalue weighted by Crippen LogP contribution is 2.09. The van der Waals surface area contributed by atoms with Gasteiger partial charge in [0.05, 0.1) is 9.77 Å². The monoisotopic (exact) mass is 301 g/mol. The van der Waals surface area contributed by atoms with Gasteiger partial charge in [0.1, 0.15) is 12.1 Å². The fourth-order valence-electron chi connectivity index (χ4n) is 1.04. The molecule has 0 aliphatic rings. The molecule has 0 atom stereocenters. The molecule has 0 unspecified atom stereocenters. The van der Waals surface area contributed by atoms with Crippen molar-refractivity contribution in [3.05, 3.63) is 28.4 Å². The predicted octanol–water partition coefficient (Wildman–Crippen LogP) is 1.31. The maximum Gasteiger partial charge on any atom is 0.158 e. The summed E-state index contributed by atoms with van der Waals surface area (Å²) < 4.78 is 2.79. The Labute approximate surface area is 94.7 Å². The molecule has 5 nitrogen and oxygen atoms in total. The first-order valence-electron chi connectivity index (χ1n) is 4.00. The molecule has 0 radical (unpaired) electrons. The van der Waals surface area contributed by atoms with E-state index in [-0.39, 0.29) is 0 Å². The molecular formula is C8H8IN5. The van der Waals surface area contributed by atoms with Crippen LogP contribution in [-0.2, 0) is 0 Å². The van der Waals surface area contributed by atoms with Gasteiger partial charge in [0.2, 0.25) is 0 Å². The molecule has 6 heteroatoms. The smallest absolute Gasteiger partial charge is 0.158 e. The number of hydrogen-bond donors (Lipinski definition) is 1. The van der Waals surface area contributed by atoms with Crippen LogP contribution in [0, 0.1) is 3.57 Å². The number of nitrogens with zero attached hydrogens (tertiary/aromatic N) is 4. The molecular weight excluding hydrogens is 293 g/mol. The van der Waals surface area contributed by atoms with Gasteiger partial charge >= 0.3 is 0 Å². The normalized spacial score (nSPS) is 10.1.